The molecule has 31 heavy (non-hydrogen) atoms. The minimum absolute atomic E-state index is 0.0804. The Bertz CT molecular complexity index is 638. The van der Waals surface area contributed by atoms with Gasteiger partial charge < -0.3 is 9.85 Å². The maximum Gasteiger partial charge on any atom is 0.431 e. The lowest BCUT2D eigenvalue weighted by molar-refractivity contribution is -0.840. The molecule has 0 amide bonds. The van der Waals surface area contributed by atoms with Gasteiger partial charge in [-0.05, 0) is 39.0 Å². The third-order valence-corrected chi connectivity index (χ3v) is 5.93. The fourth-order valence-electron chi connectivity index (χ4n) is 3.07. The van der Waals surface area contributed by atoms with Gasteiger partial charge in [0.15, 0.2) is 0 Å². The van der Waals surface area contributed by atoms with Crippen molar-refractivity contribution in [2.75, 3.05) is 32.9 Å². The van der Waals surface area contributed by atoms with Gasteiger partial charge in [0.1, 0.15) is 5.67 Å². The van der Waals surface area contributed by atoms with Crippen molar-refractivity contribution in [1.29, 1.82) is 0 Å². The van der Waals surface area contributed by atoms with Gasteiger partial charge in [-0.15, -0.1) is 0 Å². The predicted octanol–water partition coefficient (Wildman–Crippen LogP) is 4.63. The zero-order chi connectivity index (χ0) is 24.9. The van der Waals surface area contributed by atoms with Crippen LogP contribution < -0.4 is 4.72 Å². The number of hydrogen-bond acceptors (Lipinski definition) is 3. The molecule has 0 spiro atoms. The van der Waals surface area contributed by atoms with Gasteiger partial charge in [-0.25, -0.2) is 21.9 Å². The van der Waals surface area contributed by atoms with E-state index in [1.54, 1.807) is 0 Å². The summed E-state index contributed by atoms with van der Waals surface area (Å²) in [7, 11) is -1.22. The van der Waals surface area contributed by atoms with Gasteiger partial charge in [-0.1, -0.05) is 0 Å². The van der Waals surface area contributed by atoms with E-state index in [0.717, 1.165) is 13.8 Å². The summed E-state index contributed by atoms with van der Waals surface area (Å²) in [6, 6.07) is 0. The molecule has 0 aliphatic rings. The van der Waals surface area contributed by atoms with E-state index < -0.39 is 75.7 Å². The number of halogens is 8. The Balaban J connectivity index is 5.12. The van der Waals surface area contributed by atoms with Crippen LogP contribution in [0.3, 0.4) is 0 Å². The van der Waals surface area contributed by atoms with Crippen molar-refractivity contribution in [2.45, 2.75) is 69.6 Å². The zero-order valence-electron chi connectivity index (χ0n) is 17.8. The van der Waals surface area contributed by atoms with Gasteiger partial charge in [0.2, 0.25) is 10.0 Å². The number of hydroxylamine groups is 3. The number of hydrogen-bond donors (Lipinski definition) is 1. The molecule has 0 saturated carbocycles. The molecule has 0 heterocycles. The van der Waals surface area contributed by atoms with Crippen LogP contribution in [-0.2, 0) is 10.0 Å². The van der Waals surface area contributed by atoms with E-state index in [-0.39, 0.29) is 19.5 Å². The normalized spacial score (nSPS) is 15.9. The molecule has 0 rings (SSSR count). The van der Waals surface area contributed by atoms with E-state index in [1.807, 2.05) is 0 Å². The van der Waals surface area contributed by atoms with Crippen molar-refractivity contribution in [3.05, 3.63) is 5.21 Å². The first-order valence-corrected chi connectivity index (χ1v) is 11.2. The van der Waals surface area contributed by atoms with Crippen LogP contribution in [-0.4, -0.2) is 69.7 Å². The Morgan fingerprint density at radius 2 is 1.39 bits per heavy atom. The van der Waals surface area contributed by atoms with Gasteiger partial charge in [0, 0.05) is 19.4 Å². The lowest BCUT2D eigenvalue weighted by Gasteiger charge is -2.34. The third-order valence-electron chi connectivity index (χ3n) is 4.46. The molecule has 0 aromatic rings. The van der Waals surface area contributed by atoms with Crippen molar-refractivity contribution in [1.82, 2.24) is 4.72 Å². The molecular weight excluding hydrogens is 464 g/mol. The van der Waals surface area contributed by atoms with Crippen molar-refractivity contribution < 1.29 is 48.2 Å². The van der Waals surface area contributed by atoms with Gasteiger partial charge >= 0.3 is 12.4 Å². The highest BCUT2D eigenvalue weighted by atomic mass is 32.2. The van der Waals surface area contributed by atoms with Crippen LogP contribution in [0.4, 0.5) is 35.1 Å². The molecule has 0 aliphatic carbocycles. The predicted molar refractivity (Wildman–Crippen MR) is 99.8 cm³/mol. The van der Waals surface area contributed by atoms with Crippen LogP contribution in [0.25, 0.3) is 0 Å². The molecule has 1 N–H and O–H groups in total. The Hall–Kier alpha value is -0.730. The molecule has 14 heteroatoms. The number of nitrogens with zero attached hydrogens (tertiary/aromatic N) is 1. The second-order valence-corrected chi connectivity index (χ2v) is 10.7. The second-order valence-electron chi connectivity index (χ2n) is 8.80. The van der Waals surface area contributed by atoms with Crippen LogP contribution in [0.15, 0.2) is 0 Å². The molecule has 1 unspecified atom stereocenters. The van der Waals surface area contributed by atoms with Gasteiger partial charge in [0.25, 0.3) is 5.67 Å². The van der Waals surface area contributed by atoms with Crippen LogP contribution in [0, 0.1) is 11.1 Å². The van der Waals surface area contributed by atoms with Crippen LogP contribution in [0.1, 0.15) is 46.0 Å². The van der Waals surface area contributed by atoms with Crippen LogP contribution in [0.2, 0.25) is 0 Å². The second kappa shape index (κ2) is 10.5. The topological polar surface area (TPSA) is 69.2 Å². The highest BCUT2D eigenvalue weighted by Crippen LogP contribution is 2.51. The maximum absolute atomic E-state index is 14.1. The molecule has 5 nitrogen and oxygen atoms in total. The summed E-state index contributed by atoms with van der Waals surface area (Å²) >= 11 is 0. The zero-order valence-corrected chi connectivity index (χ0v) is 18.7. The van der Waals surface area contributed by atoms with E-state index >= 15 is 0 Å². The first-order valence-electron chi connectivity index (χ1n) is 9.52. The summed E-state index contributed by atoms with van der Waals surface area (Å²) < 4.78 is 130. The lowest BCUT2D eigenvalue weighted by Crippen LogP contribution is -2.54. The Labute approximate surface area is 177 Å². The third kappa shape index (κ3) is 11.6. The number of quaternary nitrogens is 1. The largest absolute Gasteiger partial charge is 0.633 e. The molecule has 0 saturated heterocycles. The van der Waals surface area contributed by atoms with E-state index in [0.29, 0.717) is 0 Å². The highest BCUT2D eigenvalue weighted by Gasteiger charge is 2.72. The van der Waals surface area contributed by atoms with Crippen molar-refractivity contribution in [3.8, 4) is 0 Å². The first-order chi connectivity index (χ1) is 13.5. The molecule has 0 bridgehead atoms. The molecule has 188 valence electrons. The molecule has 0 radical (unpaired) electrons. The molecule has 0 aliphatic heterocycles. The monoisotopic (exact) mass is 494 g/mol. The quantitative estimate of drug-likeness (QED) is 0.176. The molecule has 0 aromatic heterocycles. The lowest BCUT2D eigenvalue weighted by atomic mass is 9.82. The maximum atomic E-state index is 14.1. The number of sulfonamides is 1. The minimum Gasteiger partial charge on any atom is -0.633 e. The van der Waals surface area contributed by atoms with E-state index in [9.17, 15) is 48.7 Å². The molecule has 0 fully saturated rings. The fourth-order valence-corrected chi connectivity index (χ4v) is 4.22. The van der Waals surface area contributed by atoms with Gasteiger partial charge in [0.05, 0.1) is 26.4 Å². The van der Waals surface area contributed by atoms with Crippen molar-refractivity contribution >= 4 is 10.0 Å². The van der Waals surface area contributed by atoms with Crippen molar-refractivity contribution in [3.63, 3.8) is 0 Å². The van der Waals surface area contributed by atoms with E-state index in [4.69, 9.17) is 0 Å². The summed E-state index contributed by atoms with van der Waals surface area (Å²) in [6.45, 7) is 1.89. The summed E-state index contributed by atoms with van der Waals surface area (Å²) in [6.07, 6.45) is -16.1. The smallest absolute Gasteiger partial charge is 0.431 e. The van der Waals surface area contributed by atoms with Crippen molar-refractivity contribution in [2.24, 2.45) is 5.92 Å². The van der Waals surface area contributed by atoms with E-state index in [2.05, 4.69) is 4.72 Å². The fraction of sp³-hybridized carbons (Fsp3) is 1.00. The average Bonchev–Trinajstić information content (AvgIpc) is 2.46. The van der Waals surface area contributed by atoms with Gasteiger partial charge in [-0.2, -0.15) is 26.3 Å². The van der Waals surface area contributed by atoms with Crippen LogP contribution >= 0.6 is 0 Å². The number of rotatable bonds is 13. The molecule has 0 aromatic carbocycles. The summed E-state index contributed by atoms with van der Waals surface area (Å²) in [5.74, 6) is -2.36. The highest BCUT2D eigenvalue weighted by molar-refractivity contribution is 7.89. The van der Waals surface area contributed by atoms with Gasteiger partial charge in [-0.3, -0.25) is 0 Å². The summed E-state index contributed by atoms with van der Waals surface area (Å²) in [5.41, 5.74) is -7.72. The van der Waals surface area contributed by atoms with Crippen LogP contribution in [0.5, 0.6) is 0 Å². The minimum atomic E-state index is -6.26. The molecule has 1 atom stereocenters. The average molecular weight is 494 g/mol. The SMILES string of the molecule is CC(C)(F)CC(CCCS(=O)(=O)NCCC[N+](C)(C)[O-])CC(F)(C(F)(F)F)C(F)(F)F. The Kier molecular flexibility index (Phi) is 10.2. The standard InChI is InChI=1S/C17H30F8N2O3S/c1-14(2,18)11-13(12-15(19,16(20,21)22)17(23,24)25)7-5-10-31(29,30)26-8-6-9-27(3,4)28/h13,26H,5-12H2,1-4H3. The Morgan fingerprint density at radius 1 is 0.903 bits per heavy atom. The Morgan fingerprint density at radius 3 is 1.77 bits per heavy atom. The summed E-state index contributed by atoms with van der Waals surface area (Å²) in [4.78, 5) is 0. The summed E-state index contributed by atoms with van der Waals surface area (Å²) in [5, 5.41) is 11.4. The molecular formula is C17H30F8N2O3S. The number of alkyl halides is 8. The van der Waals surface area contributed by atoms with E-state index in [1.165, 1.54) is 14.1 Å². The number of nitrogens with one attached hydrogen (secondary N) is 1. The first kappa shape index (κ1) is 30.3.